The minimum absolute atomic E-state index is 0.298. The highest BCUT2D eigenvalue weighted by Crippen LogP contribution is 2.45. The van der Waals surface area contributed by atoms with Gasteiger partial charge < -0.3 is 14.6 Å². The monoisotopic (exact) mass is 336 g/mol. The number of unbranched alkanes of at least 4 members (excludes halogenated alkanes) is 4. The molecule has 2 saturated heterocycles. The number of rotatable bonds is 11. The van der Waals surface area contributed by atoms with Crippen LogP contribution in [0.25, 0.3) is 0 Å². The number of aliphatic carboxylic acids is 1. The average Bonchev–Trinajstić information content (AvgIpc) is 3.15. The zero-order valence-corrected chi connectivity index (χ0v) is 15.0. The van der Waals surface area contributed by atoms with Crippen LogP contribution in [0, 0.1) is 23.7 Å². The van der Waals surface area contributed by atoms with E-state index in [-0.39, 0.29) is 0 Å². The Morgan fingerprint density at radius 2 is 1.88 bits per heavy atom. The molecule has 0 aromatic rings. The summed E-state index contributed by atoms with van der Waals surface area (Å²) in [5, 5.41) is 8.66. The third-order valence-electron chi connectivity index (χ3n) is 5.25. The van der Waals surface area contributed by atoms with E-state index >= 15 is 0 Å². The number of hydrogen-bond acceptors (Lipinski definition) is 3. The van der Waals surface area contributed by atoms with Gasteiger partial charge in [0.15, 0.2) is 0 Å². The van der Waals surface area contributed by atoms with Crippen molar-refractivity contribution in [2.45, 2.75) is 83.3 Å². The largest absolute Gasteiger partial charge is 0.481 e. The summed E-state index contributed by atoms with van der Waals surface area (Å²) in [5.74, 6) is 6.66. The molecular weight excluding hydrogens is 304 g/mol. The van der Waals surface area contributed by atoms with Crippen LogP contribution in [0.1, 0.15) is 71.1 Å². The van der Waals surface area contributed by atoms with Crippen molar-refractivity contribution >= 4 is 5.97 Å². The fraction of sp³-hybridized carbons (Fsp3) is 0.850. The Labute approximate surface area is 146 Å². The van der Waals surface area contributed by atoms with Gasteiger partial charge in [-0.2, -0.15) is 0 Å². The smallest absolute Gasteiger partial charge is 0.303 e. The van der Waals surface area contributed by atoms with Gasteiger partial charge in [-0.05, 0) is 38.0 Å². The van der Waals surface area contributed by atoms with Crippen molar-refractivity contribution in [1.82, 2.24) is 0 Å². The van der Waals surface area contributed by atoms with Crippen LogP contribution in [-0.2, 0) is 14.3 Å². The number of ether oxygens (including phenoxy) is 2. The van der Waals surface area contributed by atoms with Crippen molar-refractivity contribution in [3.05, 3.63) is 0 Å². The summed E-state index contributed by atoms with van der Waals surface area (Å²) in [7, 11) is 0. The Morgan fingerprint density at radius 3 is 2.62 bits per heavy atom. The first-order valence-electron chi connectivity index (χ1n) is 9.63. The summed E-state index contributed by atoms with van der Waals surface area (Å²) in [6.07, 6.45) is 10.8. The minimum atomic E-state index is -0.684. The van der Waals surface area contributed by atoms with Crippen molar-refractivity contribution in [3.63, 3.8) is 0 Å². The lowest BCUT2D eigenvalue weighted by Gasteiger charge is -2.27. The van der Waals surface area contributed by atoms with Crippen molar-refractivity contribution in [2.75, 3.05) is 13.2 Å². The maximum Gasteiger partial charge on any atom is 0.303 e. The topological polar surface area (TPSA) is 55.8 Å². The second kappa shape index (κ2) is 10.7. The zero-order chi connectivity index (χ0) is 17.2. The van der Waals surface area contributed by atoms with Gasteiger partial charge in [0.05, 0.1) is 18.8 Å². The normalized spacial score (nSPS) is 27.9. The van der Waals surface area contributed by atoms with Gasteiger partial charge in [-0.3, -0.25) is 4.79 Å². The van der Waals surface area contributed by atoms with Crippen LogP contribution in [0.15, 0.2) is 0 Å². The van der Waals surface area contributed by atoms with Gasteiger partial charge in [-0.15, -0.1) is 5.92 Å². The summed E-state index contributed by atoms with van der Waals surface area (Å²) >= 11 is 0. The molecule has 0 amide bonds. The van der Waals surface area contributed by atoms with E-state index in [9.17, 15) is 4.79 Å². The lowest BCUT2D eigenvalue weighted by Crippen LogP contribution is -2.31. The van der Waals surface area contributed by atoms with Crippen molar-refractivity contribution < 1.29 is 19.4 Å². The van der Waals surface area contributed by atoms with Crippen LogP contribution in [-0.4, -0.2) is 36.5 Å². The molecule has 4 nitrogen and oxygen atoms in total. The lowest BCUT2D eigenvalue weighted by molar-refractivity contribution is -0.137. The Balaban J connectivity index is 1.64. The van der Waals surface area contributed by atoms with Crippen LogP contribution in [0.5, 0.6) is 0 Å². The molecular formula is C20H32O4. The maximum atomic E-state index is 10.5. The number of carbonyl (C=O) groups is 1. The summed E-state index contributed by atoms with van der Waals surface area (Å²) in [4.78, 5) is 10.5. The van der Waals surface area contributed by atoms with E-state index in [0.717, 1.165) is 38.7 Å². The molecule has 2 bridgehead atoms. The van der Waals surface area contributed by atoms with Crippen LogP contribution in [0.2, 0.25) is 0 Å². The first-order chi connectivity index (χ1) is 11.7. The predicted octanol–water partition coefficient (Wildman–Crippen LogP) is 4.03. The molecule has 2 rings (SSSR count). The molecule has 0 aliphatic carbocycles. The van der Waals surface area contributed by atoms with Crippen molar-refractivity contribution in [3.8, 4) is 11.8 Å². The molecule has 2 aliphatic rings. The first kappa shape index (κ1) is 19.3. The molecule has 1 N–H and O–H groups in total. The third kappa shape index (κ3) is 6.11. The first-order valence-corrected chi connectivity index (χ1v) is 9.63. The van der Waals surface area contributed by atoms with E-state index in [4.69, 9.17) is 14.6 Å². The summed E-state index contributed by atoms with van der Waals surface area (Å²) in [6.45, 7) is 3.44. The fourth-order valence-corrected chi connectivity index (χ4v) is 4.02. The third-order valence-corrected chi connectivity index (χ3v) is 5.25. The van der Waals surface area contributed by atoms with Crippen molar-refractivity contribution in [2.24, 2.45) is 11.8 Å². The van der Waals surface area contributed by atoms with Gasteiger partial charge in [-0.25, -0.2) is 0 Å². The van der Waals surface area contributed by atoms with Crippen molar-refractivity contribution in [1.29, 1.82) is 0 Å². The zero-order valence-electron chi connectivity index (χ0n) is 15.0. The predicted molar refractivity (Wildman–Crippen MR) is 93.7 cm³/mol. The van der Waals surface area contributed by atoms with E-state index in [1.807, 2.05) is 0 Å². The molecule has 0 aromatic heterocycles. The molecule has 136 valence electrons. The van der Waals surface area contributed by atoms with Crippen LogP contribution < -0.4 is 0 Å². The Morgan fingerprint density at radius 1 is 1.12 bits per heavy atom. The second-order valence-electron chi connectivity index (χ2n) is 7.08. The molecule has 2 fully saturated rings. The standard InChI is InChI=1S/C20H32O4/c1-2-3-4-9-14-23-15-17-16(18-12-13-19(17)24-18)10-7-5-6-8-11-20(21)22/h16-19H,2-3,5-8,10-15H2,1H3,(H,21,22)/t16-,17+,18-,19+/m1/s1. The SMILES string of the molecule is CCCC#CCOC[C@H]1[C@@H](CCCCCCC(=O)O)[C@H]2CC[C@@H]1O2. The highest BCUT2D eigenvalue weighted by Gasteiger charge is 2.48. The number of hydrogen-bond donors (Lipinski definition) is 1. The quantitative estimate of drug-likeness (QED) is 0.457. The van der Waals surface area contributed by atoms with Gasteiger partial charge in [0, 0.05) is 18.8 Å². The fourth-order valence-electron chi connectivity index (χ4n) is 4.02. The molecule has 0 spiro atoms. The second-order valence-corrected chi connectivity index (χ2v) is 7.08. The van der Waals surface area contributed by atoms with E-state index in [2.05, 4.69) is 18.8 Å². The van der Waals surface area contributed by atoms with E-state index in [0.29, 0.717) is 37.1 Å². The number of carboxylic acid groups (broad SMARTS) is 1. The van der Waals surface area contributed by atoms with Gasteiger partial charge >= 0.3 is 5.97 Å². The molecule has 0 saturated carbocycles. The van der Waals surface area contributed by atoms with Gasteiger partial charge in [-0.1, -0.05) is 32.1 Å². The number of carboxylic acids is 1. The van der Waals surface area contributed by atoms with E-state index in [1.54, 1.807) is 0 Å². The van der Waals surface area contributed by atoms with E-state index < -0.39 is 5.97 Å². The summed E-state index contributed by atoms with van der Waals surface area (Å²) in [5.41, 5.74) is 0. The Hall–Kier alpha value is -1.05. The van der Waals surface area contributed by atoms with Crippen LogP contribution in [0.4, 0.5) is 0 Å². The molecule has 0 aromatic carbocycles. The average molecular weight is 336 g/mol. The minimum Gasteiger partial charge on any atom is -0.481 e. The van der Waals surface area contributed by atoms with Crippen LogP contribution >= 0.6 is 0 Å². The Bertz CT molecular complexity index is 437. The molecule has 4 heteroatoms. The molecule has 2 aliphatic heterocycles. The molecule has 2 heterocycles. The molecule has 0 unspecified atom stereocenters. The highest BCUT2D eigenvalue weighted by atomic mass is 16.5. The maximum absolute atomic E-state index is 10.5. The van der Waals surface area contributed by atoms with E-state index in [1.165, 1.54) is 25.7 Å². The molecule has 0 radical (unpaired) electrons. The van der Waals surface area contributed by atoms with Crippen LogP contribution in [0.3, 0.4) is 0 Å². The van der Waals surface area contributed by atoms with Gasteiger partial charge in [0.2, 0.25) is 0 Å². The highest BCUT2D eigenvalue weighted by molar-refractivity contribution is 5.66. The summed E-state index contributed by atoms with van der Waals surface area (Å²) in [6, 6.07) is 0. The Kier molecular flexibility index (Phi) is 8.63. The molecule has 4 atom stereocenters. The van der Waals surface area contributed by atoms with Gasteiger partial charge in [0.1, 0.15) is 6.61 Å². The number of fused-ring (bicyclic) bond motifs is 2. The lowest BCUT2D eigenvalue weighted by atomic mass is 9.77. The summed E-state index contributed by atoms with van der Waals surface area (Å²) < 4.78 is 11.9. The van der Waals surface area contributed by atoms with Gasteiger partial charge in [0.25, 0.3) is 0 Å². The molecule has 24 heavy (non-hydrogen) atoms.